The van der Waals surface area contributed by atoms with E-state index in [9.17, 15) is 5.11 Å². The molecular formula is C17H29BrN2O. The van der Waals surface area contributed by atoms with Crippen molar-refractivity contribution < 1.29 is 5.11 Å². The van der Waals surface area contributed by atoms with E-state index < -0.39 is 0 Å². The van der Waals surface area contributed by atoms with Crippen molar-refractivity contribution in [2.24, 2.45) is 0 Å². The molecule has 120 valence electrons. The van der Waals surface area contributed by atoms with Gasteiger partial charge in [-0.05, 0) is 59.4 Å². The Balaban J connectivity index is 2.88. The molecule has 1 aromatic rings. The summed E-state index contributed by atoms with van der Waals surface area (Å²) >= 11 is 3.70. The smallest absolute Gasteiger partial charge is 0.0606 e. The predicted octanol–water partition coefficient (Wildman–Crippen LogP) is 3.94. The summed E-state index contributed by atoms with van der Waals surface area (Å²) in [6, 6.07) is 7.00. The summed E-state index contributed by atoms with van der Waals surface area (Å²) in [7, 11) is 0. The van der Waals surface area contributed by atoms with Gasteiger partial charge in [0.2, 0.25) is 0 Å². The van der Waals surface area contributed by atoms with E-state index in [1.807, 2.05) is 0 Å². The standard InChI is InChI=1S/C17H29BrN2O/c1-4-9-19-13-14-7-8-17(16(18)12-14)20(10-11-21)15(5-2)6-3/h7-8,12,15,19,21H,4-6,9-11,13H2,1-3H3. The summed E-state index contributed by atoms with van der Waals surface area (Å²) in [5.74, 6) is 0. The zero-order valence-electron chi connectivity index (χ0n) is 13.5. The molecule has 0 atom stereocenters. The Bertz CT molecular complexity index is 408. The number of hydrogen-bond acceptors (Lipinski definition) is 3. The molecule has 0 saturated heterocycles. The number of anilines is 1. The quantitative estimate of drug-likeness (QED) is 0.623. The van der Waals surface area contributed by atoms with Crippen molar-refractivity contribution in [1.82, 2.24) is 5.32 Å². The van der Waals surface area contributed by atoms with Gasteiger partial charge in [0.25, 0.3) is 0 Å². The molecule has 2 N–H and O–H groups in total. The van der Waals surface area contributed by atoms with E-state index in [2.05, 4.69) is 65.1 Å². The number of rotatable bonds is 10. The number of aliphatic hydroxyl groups is 1. The number of benzene rings is 1. The van der Waals surface area contributed by atoms with Crippen LogP contribution >= 0.6 is 15.9 Å². The molecule has 0 aliphatic heterocycles. The SMILES string of the molecule is CCCNCc1ccc(N(CCO)C(CC)CC)c(Br)c1. The third-order valence-electron chi connectivity index (χ3n) is 3.80. The summed E-state index contributed by atoms with van der Waals surface area (Å²) in [5, 5.41) is 12.8. The predicted molar refractivity (Wildman–Crippen MR) is 94.9 cm³/mol. The van der Waals surface area contributed by atoms with E-state index in [-0.39, 0.29) is 6.61 Å². The number of nitrogens with zero attached hydrogens (tertiary/aromatic N) is 1. The molecule has 0 unspecified atom stereocenters. The third-order valence-corrected chi connectivity index (χ3v) is 4.44. The molecule has 1 aromatic carbocycles. The lowest BCUT2D eigenvalue weighted by atomic mass is 10.1. The molecule has 0 fully saturated rings. The van der Waals surface area contributed by atoms with Gasteiger partial charge in [-0.2, -0.15) is 0 Å². The van der Waals surface area contributed by atoms with E-state index in [4.69, 9.17) is 0 Å². The topological polar surface area (TPSA) is 35.5 Å². The molecule has 3 nitrogen and oxygen atoms in total. The molecule has 0 aliphatic rings. The van der Waals surface area contributed by atoms with Crippen molar-refractivity contribution in [3.63, 3.8) is 0 Å². The fourth-order valence-corrected chi connectivity index (χ4v) is 3.29. The van der Waals surface area contributed by atoms with Crippen molar-refractivity contribution >= 4 is 21.6 Å². The van der Waals surface area contributed by atoms with Crippen LogP contribution in [0.15, 0.2) is 22.7 Å². The molecule has 4 heteroatoms. The summed E-state index contributed by atoms with van der Waals surface area (Å²) in [6.07, 6.45) is 3.32. The second-order valence-electron chi connectivity index (χ2n) is 5.35. The van der Waals surface area contributed by atoms with Crippen molar-refractivity contribution in [2.45, 2.75) is 52.6 Å². The van der Waals surface area contributed by atoms with Crippen LogP contribution in [0.25, 0.3) is 0 Å². The van der Waals surface area contributed by atoms with Gasteiger partial charge in [-0.25, -0.2) is 0 Å². The molecule has 0 aliphatic carbocycles. The first-order valence-corrected chi connectivity index (χ1v) is 8.83. The highest BCUT2D eigenvalue weighted by molar-refractivity contribution is 9.10. The van der Waals surface area contributed by atoms with Gasteiger partial charge in [-0.3, -0.25) is 0 Å². The van der Waals surface area contributed by atoms with Crippen molar-refractivity contribution in [3.05, 3.63) is 28.2 Å². The average molecular weight is 357 g/mol. The number of nitrogens with one attached hydrogen (secondary N) is 1. The van der Waals surface area contributed by atoms with E-state index in [0.717, 1.165) is 36.8 Å². The number of aliphatic hydroxyl groups excluding tert-OH is 1. The Kier molecular flexibility index (Phi) is 8.97. The van der Waals surface area contributed by atoms with E-state index in [0.29, 0.717) is 12.6 Å². The highest BCUT2D eigenvalue weighted by Crippen LogP contribution is 2.30. The van der Waals surface area contributed by atoms with Crippen LogP contribution in [0, 0.1) is 0 Å². The minimum atomic E-state index is 0.183. The fourth-order valence-electron chi connectivity index (χ4n) is 2.64. The molecule has 0 amide bonds. The van der Waals surface area contributed by atoms with Crippen LogP contribution in [0.1, 0.15) is 45.6 Å². The summed E-state index contributed by atoms with van der Waals surface area (Å²) in [6.45, 7) is 9.39. The Hall–Kier alpha value is -0.580. The van der Waals surface area contributed by atoms with Gasteiger partial charge in [0, 0.05) is 23.6 Å². The molecule has 0 heterocycles. The second-order valence-corrected chi connectivity index (χ2v) is 6.20. The maximum absolute atomic E-state index is 9.36. The van der Waals surface area contributed by atoms with Gasteiger partial charge in [0.05, 0.1) is 12.3 Å². The van der Waals surface area contributed by atoms with Crippen LogP contribution in [0.3, 0.4) is 0 Å². The third kappa shape index (κ3) is 5.61. The highest BCUT2D eigenvalue weighted by atomic mass is 79.9. The molecule has 0 aromatic heterocycles. The van der Waals surface area contributed by atoms with E-state index >= 15 is 0 Å². The monoisotopic (exact) mass is 356 g/mol. The average Bonchev–Trinajstić information content (AvgIpc) is 2.48. The van der Waals surface area contributed by atoms with Crippen molar-refractivity contribution in [3.8, 4) is 0 Å². The first-order chi connectivity index (χ1) is 10.2. The minimum Gasteiger partial charge on any atom is -0.395 e. The molecule has 0 saturated carbocycles. The molecule has 0 spiro atoms. The van der Waals surface area contributed by atoms with Gasteiger partial charge < -0.3 is 15.3 Å². The van der Waals surface area contributed by atoms with Crippen LogP contribution < -0.4 is 10.2 Å². The van der Waals surface area contributed by atoms with Gasteiger partial charge in [-0.1, -0.05) is 26.8 Å². The Labute approximate surface area is 137 Å². The molecular weight excluding hydrogens is 328 g/mol. The second kappa shape index (κ2) is 10.2. The van der Waals surface area contributed by atoms with Gasteiger partial charge in [0.1, 0.15) is 0 Å². The summed E-state index contributed by atoms with van der Waals surface area (Å²) in [5.41, 5.74) is 2.46. The highest BCUT2D eigenvalue weighted by Gasteiger charge is 2.17. The minimum absolute atomic E-state index is 0.183. The van der Waals surface area contributed by atoms with Crippen LogP contribution in [0.2, 0.25) is 0 Å². The van der Waals surface area contributed by atoms with Crippen LogP contribution in [0.5, 0.6) is 0 Å². The van der Waals surface area contributed by atoms with Gasteiger partial charge in [-0.15, -0.1) is 0 Å². The van der Waals surface area contributed by atoms with E-state index in [1.165, 1.54) is 11.3 Å². The summed E-state index contributed by atoms with van der Waals surface area (Å²) in [4.78, 5) is 2.31. The first-order valence-electron chi connectivity index (χ1n) is 8.04. The Morgan fingerprint density at radius 2 is 1.95 bits per heavy atom. The number of halogens is 1. The van der Waals surface area contributed by atoms with Crippen molar-refractivity contribution in [1.29, 1.82) is 0 Å². The maximum Gasteiger partial charge on any atom is 0.0606 e. The van der Waals surface area contributed by atoms with E-state index in [1.54, 1.807) is 0 Å². The molecule has 0 bridgehead atoms. The Morgan fingerprint density at radius 1 is 1.24 bits per heavy atom. The maximum atomic E-state index is 9.36. The lowest BCUT2D eigenvalue weighted by molar-refractivity contribution is 0.296. The molecule has 1 rings (SSSR count). The van der Waals surface area contributed by atoms with Gasteiger partial charge in [0.15, 0.2) is 0 Å². The lowest BCUT2D eigenvalue weighted by Crippen LogP contribution is -2.37. The fraction of sp³-hybridized carbons (Fsp3) is 0.647. The van der Waals surface area contributed by atoms with Crippen LogP contribution in [0.4, 0.5) is 5.69 Å². The first kappa shape index (κ1) is 18.5. The Morgan fingerprint density at radius 3 is 2.48 bits per heavy atom. The normalized spacial score (nSPS) is 11.1. The summed E-state index contributed by atoms with van der Waals surface area (Å²) < 4.78 is 1.11. The zero-order valence-corrected chi connectivity index (χ0v) is 15.1. The molecule has 21 heavy (non-hydrogen) atoms. The largest absolute Gasteiger partial charge is 0.395 e. The van der Waals surface area contributed by atoms with Crippen LogP contribution in [-0.4, -0.2) is 30.8 Å². The van der Waals surface area contributed by atoms with Crippen LogP contribution in [-0.2, 0) is 6.54 Å². The zero-order chi connectivity index (χ0) is 15.7. The van der Waals surface area contributed by atoms with Crippen molar-refractivity contribution in [2.75, 3.05) is 24.6 Å². The van der Waals surface area contributed by atoms with Gasteiger partial charge >= 0.3 is 0 Å². The number of hydrogen-bond donors (Lipinski definition) is 2. The molecule has 0 radical (unpaired) electrons. The lowest BCUT2D eigenvalue weighted by Gasteiger charge is -2.33.